The van der Waals surface area contributed by atoms with E-state index in [1.165, 1.54) is 24.3 Å². The number of ether oxygens (including phenoxy) is 5. The number of amides is 6. The van der Waals surface area contributed by atoms with Crippen molar-refractivity contribution in [1.29, 1.82) is 0 Å². The molecular weight excluding hydrogens is 1100 g/mol. The lowest BCUT2D eigenvalue weighted by atomic mass is 10.1. The first-order chi connectivity index (χ1) is 39.2. The summed E-state index contributed by atoms with van der Waals surface area (Å²) in [5, 5.41) is 10.5. The van der Waals surface area contributed by atoms with Crippen LogP contribution in [0.2, 0.25) is 0 Å². The number of imide groups is 1. The number of nitrogens with zero attached hydrogens (tertiary/aromatic N) is 5. The number of hydrogen-bond acceptors (Lipinski definition) is 20. The molecule has 2 aliphatic rings. The fraction of sp³-hybridized carbons (Fsp3) is 0.683. The summed E-state index contributed by atoms with van der Waals surface area (Å²) < 4.78 is 28.0. The fourth-order valence-electron chi connectivity index (χ4n) is 8.59. The largest absolute Gasteiger partial charge is 0.460 e. The third-order valence-corrected chi connectivity index (χ3v) is 12.2. The van der Waals surface area contributed by atoms with E-state index in [0.717, 1.165) is 4.90 Å². The average Bonchev–Trinajstić information content (AvgIpc) is 3.85. The van der Waals surface area contributed by atoms with Crippen LogP contribution >= 0.6 is 0 Å². The normalized spacial score (nSPS) is 16.4. The predicted octanol–water partition coefficient (Wildman–Crippen LogP) is 2.42. The maximum Gasteiger partial charge on any atom is 0.329 e. The van der Waals surface area contributed by atoms with Crippen LogP contribution in [-0.2, 0) is 78.2 Å². The summed E-state index contributed by atoms with van der Waals surface area (Å²) >= 11 is 0. The van der Waals surface area contributed by atoms with Crippen LogP contribution in [0.3, 0.4) is 0 Å². The molecule has 1 fully saturated rings. The summed E-state index contributed by atoms with van der Waals surface area (Å²) in [7, 11) is 0. The van der Waals surface area contributed by atoms with Gasteiger partial charge in [0.15, 0.2) is 0 Å². The van der Waals surface area contributed by atoms with E-state index in [2.05, 4.69) is 21.3 Å². The van der Waals surface area contributed by atoms with Crippen LogP contribution in [0.5, 0.6) is 0 Å². The zero-order valence-corrected chi connectivity index (χ0v) is 52.8. The first-order valence-electron chi connectivity index (χ1n) is 29.0. The molecule has 2 atom stereocenters. The van der Waals surface area contributed by atoms with Crippen LogP contribution in [0.4, 0.5) is 0 Å². The van der Waals surface area contributed by atoms with Crippen molar-refractivity contribution in [2.75, 3.05) is 91.6 Å². The Morgan fingerprint density at radius 3 is 1.35 bits per heavy atom. The molecular formula is C60H95N9O16. The minimum absolute atomic E-state index is 0.0205. The van der Waals surface area contributed by atoms with Crippen molar-refractivity contribution < 1.29 is 76.4 Å². The Balaban J connectivity index is 1.77. The molecule has 1 aromatic carbocycles. The molecule has 85 heavy (non-hydrogen) atoms. The molecule has 1 aromatic rings. The Hall–Kier alpha value is -6.83. The van der Waals surface area contributed by atoms with E-state index < -0.39 is 112 Å². The number of carbonyl (C=O) groups is 11. The molecule has 0 radical (unpaired) electrons. The van der Waals surface area contributed by atoms with E-state index in [0.29, 0.717) is 70.8 Å². The van der Waals surface area contributed by atoms with Crippen LogP contribution in [0, 0.1) is 0 Å². The van der Waals surface area contributed by atoms with Crippen LogP contribution in [-0.4, -0.2) is 222 Å². The van der Waals surface area contributed by atoms with Gasteiger partial charge in [0.05, 0.1) is 39.1 Å². The number of esters is 5. The zero-order valence-electron chi connectivity index (χ0n) is 52.8. The number of carbonyl (C=O) groups excluding carboxylic acids is 11. The molecule has 25 heteroatoms. The Morgan fingerprint density at radius 2 is 0.918 bits per heavy atom. The number of unbranched alkanes of at least 4 members (excludes halogenated alkanes) is 1. The highest BCUT2D eigenvalue weighted by Crippen LogP contribution is 2.16. The minimum Gasteiger partial charge on any atom is -0.460 e. The molecule has 0 bridgehead atoms. The van der Waals surface area contributed by atoms with Crippen molar-refractivity contribution in [3.05, 3.63) is 47.5 Å². The van der Waals surface area contributed by atoms with E-state index in [1.807, 2.05) is 19.6 Å². The maximum atomic E-state index is 13.9. The lowest BCUT2D eigenvalue weighted by Gasteiger charge is -2.34. The van der Waals surface area contributed by atoms with Crippen molar-refractivity contribution in [3.8, 4) is 0 Å². The van der Waals surface area contributed by atoms with Gasteiger partial charge in [-0.1, -0.05) is 12.1 Å². The van der Waals surface area contributed by atoms with Gasteiger partial charge in [0, 0.05) is 83.2 Å². The van der Waals surface area contributed by atoms with Gasteiger partial charge in [0.2, 0.25) is 17.7 Å². The quantitative estimate of drug-likeness (QED) is 0.0500. The SMILES string of the molecule is CC(C)(C)OC(=O)C[C@H](NC(=O)c1cccc(CNC(=O)CN2CCN(CC(=O)OC(C)(C)C)CCN(CC(=O)OC(C)(C)C)CCN(CC(=O)OC(C)(C)C)CC2)c1)C(=O)NCC(=O)N[C@@H](CCCCN1C(=O)C=CC1=O)C(=O)OC(C)(C)C. The van der Waals surface area contributed by atoms with Crippen LogP contribution < -0.4 is 21.3 Å². The van der Waals surface area contributed by atoms with Crippen molar-refractivity contribution in [1.82, 2.24) is 45.8 Å². The molecule has 0 saturated carbocycles. The molecule has 0 spiro atoms. The van der Waals surface area contributed by atoms with E-state index in [1.54, 1.807) is 116 Å². The summed E-state index contributed by atoms with van der Waals surface area (Å²) in [6, 6.07) is 3.54. The van der Waals surface area contributed by atoms with Gasteiger partial charge in [0.25, 0.3) is 17.7 Å². The fourth-order valence-corrected chi connectivity index (χ4v) is 8.59. The second-order valence-electron chi connectivity index (χ2n) is 26.2. The number of benzene rings is 1. The van der Waals surface area contributed by atoms with E-state index in [4.69, 9.17) is 23.7 Å². The van der Waals surface area contributed by atoms with E-state index in [-0.39, 0.29) is 57.2 Å². The van der Waals surface area contributed by atoms with Gasteiger partial charge in [-0.2, -0.15) is 0 Å². The van der Waals surface area contributed by atoms with Crippen molar-refractivity contribution in [2.24, 2.45) is 0 Å². The van der Waals surface area contributed by atoms with E-state index in [9.17, 15) is 52.7 Å². The summed E-state index contributed by atoms with van der Waals surface area (Å²) in [4.78, 5) is 153. The van der Waals surface area contributed by atoms with E-state index >= 15 is 0 Å². The van der Waals surface area contributed by atoms with Crippen molar-refractivity contribution in [3.63, 3.8) is 0 Å². The number of hydrogen-bond donors (Lipinski definition) is 4. The van der Waals surface area contributed by atoms with Crippen molar-refractivity contribution in [2.45, 2.75) is 176 Å². The van der Waals surface area contributed by atoms with Crippen LogP contribution in [0.15, 0.2) is 36.4 Å². The van der Waals surface area contributed by atoms with Crippen LogP contribution in [0.1, 0.15) is 145 Å². The smallest absolute Gasteiger partial charge is 0.329 e. The Bertz CT molecular complexity index is 2470. The zero-order chi connectivity index (χ0) is 64.1. The molecule has 1 saturated heterocycles. The third-order valence-electron chi connectivity index (χ3n) is 12.2. The maximum absolute atomic E-state index is 13.9. The molecule has 4 N–H and O–H groups in total. The molecule has 2 aliphatic heterocycles. The minimum atomic E-state index is -1.54. The molecule has 6 amide bonds. The van der Waals surface area contributed by atoms with Crippen LogP contribution in [0.25, 0.3) is 0 Å². The second kappa shape index (κ2) is 32.6. The molecule has 25 nitrogen and oxygen atoms in total. The standard InChI is InChI=1S/C60H95N9O16/c1-56(2,3)81-49(74)34-44(54(79)62-36-45(70)63-43(55(80)85-60(13,14)15)21-16-17-24-69-47(72)22-23-48(69)73)64-53(78)42-20-18-19-41(33-42)35-61-46(71)37-65-25-27-66(38-50(75)82-57(4,5)6)29-31-68(40-52(77)84-59(10,11)12)32-30-67(28-26-65)39-51(76)83-58(7,8)9/h18-20,22-23,33,43-44H,16-17,21,24-32,34-40H2,1-15H3,(H,61,71)(H,62,79)(H,63,70)(H,64,78)/t43-,44-/m0/s1. The number of nitrogens with one attached hydrogen (secondary N) is 4. The van der Waals surface area contributed by atoms with Gasteiger partial charge >= 0.3 is 29.8 Å². The molecule has 3 rings (SSSR count). The monoisotopic (exact) mass is 1200 g/mol. The topological polar surface area (TPSA) is 298 Å². The van der Waals surface area contributed by atoms with Gasteiger partial charge in [0.1, 0.15) is 40.1 Å². The highest BCUT2D eigenvalue weighted by Gasteiger charge is 2.32. The highest BCUT2D eigenvalue weighted by atomic mass is 16.6. The molecule has 476 valence electrons. The summed E-state index contributed by atoms with van der Waals surface area (Å²) in [6.45, 7) is 27.9. The molecule has 2 heterocycles. The van der Waals surface area contributed by atoms with Gasteiger partial charge in [-0.25, -0.2) is 4.79 Å². The van der Waals surface area contributed by atoms with Gasteiger partial charge in [-0.05, 0) is 141 Å². The Kier molecular flexibility index (Phi) is 27.8. The Labute approximate surface area is 501 Å². The summed E-state index contributed by atoms with van der Waals surface area (Å²) in [6.07, 6.45) is 2.43. The predicted molar refractivity (Wildman–Crippen MR) is 314 cm³/mol. The van der Waals surface area contributed by atoms with Gasteiger partial charge < -0.3 is 45.0 Å². The molecule has 0 unspecified atom stereocenters. The summed E-state index contributed by atoms with van der Waals surface area (Å²) in [5.74, 6) is -6.59. The van der Waals surface area contributed by atoms with Gasteiger partial charge in [-0.15, -0.1) is 0 Å². The summed E-state index contributed by atoms with van der Waals surface area (Å²) in [5.41, 5.74) is -3.44. The lowest BCUT2D eigenvalue weighted by Crippen LogP contribution is -2.52. The highest BCUT2D eigenvalue weighted by molar-refractivity contribution is 6.12. The van der Waals surface area contributed by atoms with Crippen molar-refractivity contribution >= 4 is 65.3 Å². The Morgan fingerprint density at radius 1 is 0.494 bits per heavy atom. The van der Waals surface area contributed by atoms with Gasteiger partial charge in [-0.3, -0.25) is 72.4 Å². The molecule has 0 aliphatic carbocycles. The molecule has 0 aromatic heterocycles. The lowest BCUT2D eigenvalue weighted by molar-refractivity contribution is -0.159. The average molecular weight is 1200 g/mol. The first kappa shape index (κ1) is 72.4. The number of rotatable bonds is 24. The first-order valence-corrected chi connectivity index (χ1v) is 29.0. The second-order valence-corrected chi connectivity index (χ2v) is 26.2. The third kappa shape index (κ3) is 31.2.